The summed E-state index contributed by atoms with van der Waals surface area (Å²) in [6.07, 6.45) is 0.826. The van der Waals surface area contributed by atoms with Gasteiger partial charge in [-0.2, -0.15) is 0 Å². The largest absolute Gasteiger partial charge is 0.300 e. The summed E-state index contributed by atoms with van der Waals surface area (Å²) in [5.74, 6) is 6.36. The van der Waals surface area contributed by atoms with Crippen LogP contribution in [0.15, 0.2) is 30.3 Å². The standard InChI is InChI=1S/C19H24O2/c1-15(20)11-12-19(5,14-13-18(2,3)4)17(21)16-9-7-6-8-10-16/h6-10H,11-12H2,1-5H3. The minimum absolute atomic E-state index is 0.0129. The van der Waals surface area contributed by atoms with Gasteiger partial charge in [0.2, 0.25) is 0 Å². The zero-order valence-corrected chi connectivity index (χ0v) is 13.6. The lowest BCUT2D eigenvalue weighted by atomic mass is 9.77. The van der Waals surface area contributed by atoms with Crippen LogP contribution in [-0.4, -0.2) is 11.6 Å². The smallest absolute Gasteiger partial charge is 0.180 e. The summed E-state index contributed by atoms with van der Waals surface area (Å²) in [4.78, 5) is 24.1. The quantitative estimate of drug-likeness (QED) is 0.597. The lowest BCUT2D eigenvalue weighted by molar-refractivity contribution is -0.117. The lowest BCUT2D eigenvalue weighted by Gasteiger charge is -2.23. The molecule has 0 aliphatic heterocycles. The fourth-order valence-electron chi connectivity index (χ4n) is 1.89. The maximum atomic E-state index is 12.8. The van der Waals surface area contributed by atoms with Gasteiger partial charge in [0.1, 0.15) is 5.78 Å². The van der Waals surface area contributed by atoms with E-state index in [-0.39, 0.29) is 17.0 Å². The molecule has 0 aromatic heterocycles. The number of hydrogen-bond acceptors (Lipinski definition) is 2. The van der Waals surface area contributed by atoms with Crippen molar-refractivity contribution in [2.24, 2.45) is 10.8 Å². The van der Waals surface area contributed by atoms with Crippen molar-refractivity contribution in [1.82, 2.24) is 0 Å². The number of benzene rings is 1. The number of hydrogen-bond donors (Lipinski definition) is 0. The van der Waals surface area contributed by atoms with Gasteiger partial charge in [0, 0.05) is 17.4 Å². The van der Waals surface area contributed by atoms with Crippen LogP contribution in [0.5, 0.6) is 0 Å². The summed E-state index contributed by atoms with van der Waals surface area (Å²) in [6, 6.07) is 9.16. The second-order valence-electron chi connectivity index (χ2n) is 6.73. The molecule has 0 fully saturated rings. The average Bonchev–Trinajstić information content (AvgIpc) is 2.42. The van der Waals surface area contributed by atoms with Crippen LogP contribution >= 0.6 is 0 Å². The SMILES string of the molecule is CC(=O)CCC(C)(C#CC(C)(C)C)C(=O)c1ccccc1. The molecule has 1 aromatic carbocycles. The first kappa shape index (κ1) is 17.2. The van der Waals surface area contributed by atoms with E-state index in [9.17, 15) is 9.59 Å². The van der Waals surface area contributed by atoms with E-state index < -0.39 is 5.41 Å². The van der Waals surface area contributed by atoms with E-state index in [1.807, 2.05) is 45.9 Å². The topological polar surface area (TPSA) is 34.1 Å². The fraction of sp³-hybridized carbons (Fsp3) is 0.474. The Balaban J connectivity index is 3.14. The molecule has 0 heterocycles. The first-order valence-electron chi connectivity index (χ1n) is 7.28. The molecule has 0 N–H and O–H groups in total. The Bertz CT molecular complexity index is 567. The summed E-state index contributed by atoms with van der Waals surface area (Å²) in [6.45, 7) is 9.42. The predicted molar refractivity (Wildman–Crippen MR) is 86.0 cm³/mol. The Morgan fingerprint density at radius 3 is 2.05 bits per heavy atom. The third-order valence-corrected chi connectivity index (χ3v) is 3.23. The first-order chi connectivity index (χ1) is 9.64. The zero-order valence-electron chi connectivity index (χ0n) is 13.6. The average molecular weight is 284 g/mol. The van der Waals surface area contributed by atoms with Gasteiger partial charge in [0.25, 0.3) is 0 Å². The maximum absolute atomic E-state index is 12.8. The molecule has 0 saturated heterocycles. The number of ketones is 2. The Hall–Kier alpha value is -1.88. The van der Waals surface area contributed by atoms with E-state index >= 15 is 0 Å². The lowest BCUT2D eigenvalue weighted by Crippen LogP contribution is -2.27. The highest BCUT2D eigenvalue weighted by molar-refractivity contribution is 6.02. The van der Waals surface area contributed by atoms with Crippen molar-refractivity contribution in [3.05, 3.63) is 35.9 Å². The summed E-state index contributed by atoms with van der Waals surface area (Å²) in [5, 5.41) is 0. The van der Waals surface area contributed by atoms with Crippen LogP contribution in [0, 0.1) is 22.7 Å². The number of carbonyl (C=O) groups excluding carboxylic acids is 2. The van der Waals surface area contributed by atoms with Gasteiger partial charge in [-0.3, -0.25) is 4.79 Å². The van der Waals surface area contributed by atoms with Crippen molar-refractivity contribution in [2.75, 3.05) is 0 Å². The molecule has 0 bridgehead atoms. The van der Waals surface area contributed by atoms with E-state index in [1.165, 1.54) is 0 Å². The van der Waals surface area contributed by atoms with Crippen molar-refractivity contribution in [2.45, 2.75) is 47.5 Å². The maximum Gasteiger partial charge on any atom is 0.180 e. The summed E-state index contributed by atoms with van der Waals surface area (Å²) in [7, 11) is 0. The molecule has 1 rings (SSSR count). The van der Waals surface area contributed by atoms with Crippen LogP contribution in [0.4, 0.5) is 0 Å². The summed E-state index contributed by atoms with van der Waals surface area (Å²) >= 11 is 0. The second kappa shape index (κ2) is 6.72. The van der Waals surface area contributed by atoms with Gasteiger partial charge < -0.3 is 4.79 Å². The number of rotatable bonds is 5. The van der Waals surface area contributed by atoms with E-state index in [4.69, 9.17) is 0 Å². The Kier molecular flexibility index (Phi) is 5.49. The van der Waals surface area contributed by atoms with E-state index in [1.54, 1.807) is 19.1 Å². The number of carbonyl (C=O) groups is 2. The van der Waals surface area contributed by atoms with Crippen molar-refractivity contribution in [3.8, 4) is 11.8 Å². The molecular weight excluding hydrogens is 260 g/mol. The van der Waals surface area contributed by atoms with Gasteiger partial charge in [-0.1, -0.05) is 42.2 Å². The summed E-state index contributed by atoms with van der Waals surface area (Å²) < 4.78 is 0. The molecule has 1 aromatic rings. The van der Waals surface area contributed by atoms with Crippen LogP contribution in [0.2, 0.25) is 0 Å². The van der Waals surface area contributed by atoms with Crippen LogP contribution < -0.4 is 0 Å². The first-order valence-corrected chi connectivity index (χ1v) is 7.28. The Labute approximate surface area is 127 Å². The Morgan fingerprint density at radius 2 is 1.57 bits per heavy atom. The summed E-state index contributed by atoms with van der Waals surface area (Å²) in [5.41, 5.74) is -0.346. The molecule has 0 aliphatic carbocycles. The minimum atomic E-state index is -0.819. The van der Waals surface area contributed by atoms with Crippen LogP contribution in [0.1, 0.15) is 57.8 Å². The molecule has 0 saturated carbocycles. The molecule has 0 spiro atoms. The molecule has 112 valence electrons. The predicted octanol–water partition coefficient (Wildman–Crippen LogP) is 4.29. The molecule has 0 radical (unpaired) electrons. The Morgan fingerprint density at radius 1 is 1.00 bits per heavy atom. The third-order valence-electron chi connectivity index (χ3n) is 3.23. The highest BCUT2D eigenvalue weighted by atomic mass is 16.1. The zero-order chi connectivity index (χ0) is 16.1. The normalized spacial score (nSPS) is 13.8. The minimum Gasteiger partial charge on any atom is -0.300 e. The van der Waals surface area contributed by atoms with Crippen molar-refractivity contribution < 1.29 is 9.59 Å². The molecule has 1 atom stereocenters. The van der Waals surface area contributed by atoms with Gasteiger partial charge in [0.15, 0.2) is 5.78 Å². The molecule has 1 unspecified atom stereocenters. The van der Waals surface area contributed by atoms with Crippen LogP contribution in [0.25, 0.3) is 0 Å². The molecule has 0 aliphatic rings. The van der Waals surface area contributed by atoms with Gasteiger partial charge in [0.05, 0.1) is 5.41 Å². The van der Waals surface area contributed by atoms with Crippen molar-refractivity contribution in [3.63, 3.8) is 0 Å². The van der Waals surface area contributed by atoms with Crippen LogP contribution in [-0.2, 0) is 4.79 Å². The monoisotopic (exact) mass is 284 g/mol. The van der Waals surface area contributed by atoms with Crippen molar-refractivity contribution in [1.29, 1.82) is 0 Å². The molecule has 0 amide bonds. The number of Topliss-reactive ketones (excluding diaryl/α,β-unsaturated/α-hetero) is 2. The second-order valence-corrected chi connectivity index (χ2v) is 6.73. The van der Waals surface area contributed by atoms with Gasteiger partial charge in [-0.25, -0.2) is 0 Å². The molecular formula is C19H24O2. The van der Waals surface area contributed by atoms with Crippen molar-refractivity contribution >= 4 is 11.6 Å². The van der Waals surface area contributed by atoms with Crippen LogP contribution in [0.3, 0.4) is 0 Å². The molecule has 2 heteroatoms. The highest BCUT2D eigenvalue weighted by Gasteiger charge is 2.32. The fourth-order valence-corrected chi connectivity index (χ4v) is 1.89. The van der Waals surface area contributed by atoms with Gasteiger partial charge in [-0.15, -0.1) is 0 Å². The van der Waals surface area contributed by atoms with E-state index in [2.05, 4.69) is 11.8 Å². The van der Waals surface area contributed by atoms with Gasteiger partial charge in [-0.05, 0) is 41.0 Å². The van der Waals surface area contributed by atoms with E-state index in [0.29, 0.717) is 18.4 Å². The van der Waals surface area contributed by atoms with E-state index in [0.717, 1.165) is 0 Å². The highest BCUT2D eigenvalue weighted by Crippen LogP contribution is 2.29. The van der Waals surface area contributed by atoms with Gasteiger partial charge >= 0.3 is 0 Å². The molecule has 21 heavy (non-hydrogen) atoms. The third kappa shape index (κ3) is 5.55. The molecule has 2 nitrogen and oxygen atoms in total.